The molecule has 0 aromatic carbocycles. The van der Waals surface area contributed by atoms with E-state index in [1.807, 2.05) is 19.9 Å². The van der Waals surface area contributed by atoms with Crippen molar-refractivity contribution < 1.29 is 9.53 Å². The lowest BCUT2D eigenvalue weighted by Gasteiger charge is -2.28. The molecule has 19 heavy (non-hydrogen) atoms. The molecule has 0 saturated carbocycles. The number of rotatable bonds is 10. The molecule has 0 aromatic heterocycles. The molecule has 0 fully saturated rings. The molecule has 0 unspecified atom stereocenters. The van der Waals surface area contributed by atoms with Gasteiger partial charge in [0.25, 0.3) is 0 Å². The molecule has 3 nitrogen and oxygen atoms in total. The second-order valence-corrected chi connectivity index (χ2v) is 6.33. The molecule has 0 aliphatic heterocycles. The van der Waals surface area contributed by atoms with Gasteiger partial charge in [-0.25, -0.2) is 0 Å². The molecule has 0 bridgehead atoms. The van der Waals surface area contributed by atoms with Gasteiger partial charge < -0.3 is 10.1 Å². The van der Waals surface area contributed by atoms with Crippen LogP contribution in [0.1, 0.15) is 60.3 Å². The minimum atomic E-state index is -0.371. The van der Waals surface area contributed by atoms with Crippen LogP contribution in [-0.2, 0) is 9.53 Å². The van der Waals surface area contributed by atoms with Crippen molar-refractivity contribution in [2.24, 2.45) is 5.41 Å². The van der Waals surface area contributed by atoms with E-state index in [1.54, 1.807) is 0 Å². The van der Waals surface area contributed by atoms with Gasteiger partial charge in [-0.1, -0.05) is 26.8 Å². The smallest absolute Gasteiger partial charge is 0.225 e. The van der Waals surface area contributed by atoms with Crippen LogP contribution in [0.3, 0.4) is 0 Å². The molecule has 0 radical (unpaired) electrons. The van der Waals surface area contributed by atoms with Crippen LogP contribution >= 0.6 is 0 Å². The van der Waals surface area contributed by atoms with Crippen molar-refractivity contribution in [1.82, 2.24) is 5.32 Å². The van der Waals surface area contributed by atoms with Gasteiger partial charge in [0.15, 0.2) is 0 Å². The molecule has 0 aliphatic rings. The summed E-state index contributed by atoms with van der Waals surface area (Å²) in [7, 11) is 0. The molecule has 1 amide bonds. The van der Waals surface area contributed by atoms with Gasteiger partial charge >= 0.3 is 0 Å². The average Bonchev–Trinajstić information content (AvgIpc) is 2.32. The first-order valence-electron chi connectivity index (χ1n) is 7.28. The molecule has 0 spiro atoms. The fraction of sp³-hybridized carbons (Fsp3) is 0.812. The standard InChI is InChI=1S/C16H31NO2/c1-7-9-10-16(5,6)19-13-11-15(3,4)14(18)17-12-8-2/h7H,1,8-13H2,2-6H3,(H,17,18). The van der Waals surface area contributed by atoms with Crippen molar-refractivity contribution in [2.75, 3.05) is 13.2 Å². The Morgan fingerprint density at radius 1 is 1.26 bits per heavy atom. The van der Waals surface area contributed by atoms with E-state index in [4.69, 9.17) is 4.74 Å². The average molecular weight is 269 g/mol. The Morgan fingerprint density at radius 3 is 2.42 bits per heavy atom. The maximum Gasteiger partial charge on any atom is 0.225 e. The molecular weight excluding hydrogens is 238 g/mol. The molecule has 1 N–H and O–H groups in total. The van der Waals surface area contributed by atoms with Gasteiger partial charge in [0.05, 0.1) is 5.60 Å². The molecule has 112 valence electrons. The van der Waals surface area contributed by atoms with E-state index < -0.39 is 0 Å². The van der Waals surface area contributed by atoms with Crippen LogP contribution in [-0.4, -0.2) is 24.7 Å². The van der Waals surface area contributed by atoms with Crippen molar-refractivity contribution in [3.8, 4) is 0 Å². The van der Waals surface area contributed by atoms with Crippen LogP contribution in [0, 0.1) is 5.41 Å². The van der Waals surface area contributed by atoms with Crippen molar-refractivity contribution in [2.45, 2.75) is 65.9 Å². The summed E-state index contributed by atoms with van der Waals surface area (Å²) >= 11 is 0. The molecule has 0 saturated heterocycles. The third kappa shape index (κ3) is 8.04. The predicted molar refractivity (Wildman–Crippen MR) is 81.2 cm³/mol. The molecule has 0 heterocycles. The number of amides is 1. The van der Waals surface area contributed by atoms with Crippen molar-refractivity contribution in [1.29, 1.82) is 0 Å². The van der Waals surface area contributed by atoms with Gasteiger partial charge in [-0.3, -0.25) is 4.79 Å². The molecule has 0 atom stereocenters. The maximum absolute atomic E-state index is 12.0. The summed E-state index contributed by atoms with van der Waals surface area (Å²) in [5.41, 5.74) is -0.520. The molecule has 0 rings (SSSR count). The number of allylic oxidation sites excluding steroid dienone is 1. The van der Waals surface area contributed by atoms with E-state index in [0.717, 1.165) is 32.2 Å². The quantitative estimate of drug-likeness (QED) is 0.614. The highest BCUT2D eigenvalue weighted by atomic mass is 16.5. The van der Waals surface area contributed by atoms with Gasteiger partial charge in [-0.05, 0) is 39.5 Å². The molecule has 0 aliphatic carbocycles. The van der Waals surface area contributed by atoms with Crippen LogP contribution in [0.5, 0.6) is 0 Å². The van der Waals surface area contributed by atoms with Crippen molar-refractivity contribution >= 4 is 5.91 Å². The van der Waals surface area contributed by atoms with Gasteiger partial charge in [0, 0.05) is 18.6 Å². The summed E-state index contributed by atoms with van der Waals surface area (Å²) in [6, 6.07) is 0. The van der Waals surface area contributed by atoms with Crippen molar-refractivity contribution in [3.63, 3.8) is 0 Å². The van der Waals surface area contributed by atoms with E-state index in [-0.39, 0.29) is 16.9 Å². The second-order valence-electron chi connectivity index (χ2n) is 6.33. The fourth-order valence-corrected chi connectivity index (χ4v) is 1.70. The Kier molecular flexibility index (Phi) is 8.00. The number of hydrogen-bond acceptors (Lipinski definition) is 2. The lowest BCUT2D eigenvalue weighted by Crippen LogP contribution is -2.38. The number of carbonyl (C=O) groups excluding carboxylic acids is 1. The van der Waals surface area contributed by atoms with E-state index in [2.05, 4.69) is 32.7 Å². The van der Waals surface area contributed by atoms with E-state index in [0.29, 0.717) is 6.61 Å². The SMILES string of the molecule is C=CCCC(C)(C)OCCC(C)(C)C(=O)NCCC. The summed E-state index contributed by atoms with van der Waals surface area (Å²) in [5.74, 6) is 0.113. The highest BCUT2D eigenvalue weighted by Gasteiger charge is 2.28. The number of ether oxygens (including phenoxy) is 1. The van der Waals surface area contributed by atoms with Crippen LogP contribution in [0.4, 0.5) is 0 Å². The summed E-state index contributed by atoms with van der Waals surface area (Å²) in [6.45, 7) is 15.2. The normalized spacial score (nSPS) is 12.3. The first-order chi connectivity index (χ1) is 8.75. The zero-order chi connectivity index (χ0) is 14.9. The highest BCUT2D eigenvalue weighted by molar-refractivity contribution is 5.81. The fourth-order valence-electron chi connectivity index (χ4n) is 1.70. The summed E-state index contributed by atoms with van der Waals surface area (Å²) in [6.07, 6.45) is 5.52. The van der Waals surface area contributed by atoms with E-state index in [1.165, 1.54) is 0 Å². The van der Waals surface area contributed by atoms with Gasteiger partial charge in [-0.2, -0.15) is 0 Å². The lowest BCUT2D eigenvalue weighted by atomic mass is 9.88. The number of nitrogens with one attached hydrogen (secondary N) is 1. The maximum atomic E-state index is 12.0. The largest absolute Gasteiger partial charge is 0.376 e. The van der Waals surface area contributed by atoms with Crippen LogP contribution in [0.2, 0.25) is 0 Å². The first kappa shape index (κ1) is 18.2. The van der Waals surface area contributed by atoms with Crippen molar-refractivity contribution in [3.05, 3.63) is 12.7 Å². The molecule has 0 aromatic rings. The second kappa shape index (κ2) is 8.36. The highest BCUT2D eigenvalue weighted by Crippen LogP contribution is 2.23. The zero-order valence-electron chi connectivity index (χ0n) is 13.3. The minimum absolute atomic E-state index is 0.113. The molecule has 3 heteroatoms. The van der Waals surface area contributed by atoms with Crippen LogP contribution < -0.4 is 5.32 Å². The minimum Gasteiger partial charge on any atom is -0.376 e. The third-order valence-electron chi connectivity index (χ3n) is 3.32. The Bertz CT molecular complexity index is 282. The third-order valence-corrected chi connectivity index (χ3v) is 3.32. The zero-order valence-corrected chi connectivity index (χ0v) is 13.3. The van der Waals surface area contributed by atoms with E-state index >= 15 is 0 Å². The Balaban J connectivity index is 4.09. The Labute approximate surface area is 118 Å². The summed E-state index contributed by atoms with van der Waals surface area (Å²) in [4.78, 5) is 12.0. The topological polar surface area (TPSA) is 38.3 Å². The predicted octanol–water partition coefficient (Wildman–Crippen LogP) is 3.69. The van der Waals surface area contributed by atoms with Crippen LogP contribution in [0.25, 0.3) is 0 Å². The lowest BCUT2D eigenvalue weighted by molar-refractivity contribution is -0.131. The van der Waals surface area contributed by atoms with Gasteiger partial charge in [0.1, 0.15) is 0 Å². The first-order valence-corrected chi connectivity index (χ1v) is 7.28. The summed E-state index contributed by atoms with van der Waals surface area (Å²) < 4.78 is 5.89. The number of carbonyl (C=O) groups is 1. The Morgan fingerprint density at radius 2 is 1.89 bits per heavy atom. The van der Waals surface area contributed by atoms with Gasteiger partial charge in [-0.15, -0.1) is 6.58 Å². The summed E-state index contributed by atoms with van der Waals surface area (Å²) in [5, 5.41) is 2.95. The monoisotopic (exact) mass is 269 g/mol. The Hall–Kier alpha value is -0.830. The van der Waals surface area contributed by atoms with Crippen LogP contribution in [0.15, 0.2) is 12.7 Å². The number of hydrogen-bond donors (Lipinski definition) is 1. The van der Waals surface area contributed by atoms with E-state index in [9.17, 15) is 4.79 Å². The van der Waals surface area contributed by atoms with Gasteiger partial charge in [0.2, 0.25) is 5.91 Å². The molecular formula is C16H31NO2.